The summed E-state index contributed by atoms with van der Waals surface area (Å²) in [6.07, 6.45) is 14.1. The van der Waals surface area contributed by atoms with Crippen LogP contribution in [-0.2, 0) is 17.9 Å². The molecule has 1 aliphatic rings. The molecule has 0 aromatic carbocycles. The minimum Gasteiger partial charge on any atom is -0.342 e. The van der Waals surface area contributed by atoms with Crippen molar-refractivity contribution in [2.24, 2.45) is 0 Å². The van der Waals surface area contributed by atoms with Gasteiger partial charge in [0.15, 0.2) is 0 Å². The average molecular weight is 379 g/mol. The van der Waals surface area contributed by atoms with Crippen LogP contribution < -0.4 is 0 Å². The van der Waals surface area contributed by atoms with Crippen LogP contribution in [0.25, 0.3) is 0 Å². The molecule has 0 aliphatic carbocycles. The molecule has 0 bridgehead atoms. The lowest BCUT2D eigenvalue weighted by atomic mass is 9.96. The Labute approximate surface area is 164 Å². The van der Waals surface area contributed by atoms with E-state index < -0.39 is 0 Å². The maximum atomic E-state index is 12.7. The summed E-state index contributed by atoms with van der Waals surface area (Å²) in [6.45, 7) is 3.08. The molecule has 28 heavy (non-hydrogen) atoms. The lowest BCUT2D eigenvalue weighted by Gasteiger charge is -2.33. The third kappa shape index (κ3) is 4.44. The van der Waals surface area contributed by atoms with Gasteiger partial charge in [-0.25, -0.2) is 9.97 Å². The molecule has 8 nitrogen and oxygen atoms in total. The number of imidazole rings is 1. The van der Waals surface area contributed by atoms with E-state index in [1.807, 2.05) is 41.8 Å². The van der Waals surface area contributed by atoms with E-state index in [4.69, 9.17) is 0 Å². The van der Waals surface area contributed by atoms with E-state index in [-0.39, 0.29) is 11.8 Å². The quantitative estimate of drug-likeness (QED) is 0.628. The highest BCUT2D eigenvalue weighted by Crippen LogP contribution is 2.26. The number of aryl methyl sites for hydroxylation is 1. The third-order valence-electron chi connectivity index (χ3n) is 5.23. The van der Waals surface area contributed by atoms with Gasteiger partial charge in [-0.15, -0.1) is 0 Å². The fourth-order valence-electron chi connectivity index (χ4n) is 3.81. The zero-order valence-corrected chi connectivity index (χ0v) is 15.9. The lowest BCUT2D eigenvalue weighted by molar-refractivity contribution is -0.132. The molecule has 0 spiro atoms. The van der Waals surface area contributed by atoms with Gasteiger partial charge in [-0.2, -0.15) is 5.10 Å². The molecule has 1 aliphatic heterocycles. The molecule has 1 saturated heterocycles. The topological polar surface area (TPSA) is 81.7 Å². The third-order valence-corrected chi connectivity index (χ3v) is 5.23. The van der Waals surface area contributed by atoms with Crippen molar-refractivity contribution in [2.45, 2.75) is 44.7 Å². The molecule has 4 rings (SSSR count). The highest BCUT2D eigenvalue weighted by molar-refractivity contribution is 5.76. The van der Waals surface area contributed by atoms with Gasteiger partial charge < -0.3 is 9.47 Å². The van der Waals surface area contributed by atoms with Crippen LogP contribution in [-0.4, -0.2) is 53.2 Å². The molecule has 0 N–H and O–H groups in total. The second kappa shape index (κ2) is 8.77. The number of carbonyl (C=O) groups is 1. The number of pyridine rings is 1. The largest absolute Gasteiger partial charge is 0.342 e. The predicted molar refractivity (Wildman–Crippen MR) is 103 cm³/mol. The molecule has 0 radical (unpaired) electrons. The fraction of sp³-hybridized carbons (Fsp3) is 0.450. The summed E-state index contributed by atoms with van der Waals surface area (Å²) in [4.78, 5) is 27.3. The molecule has 3 aromatic heterocycles. The number of aromatic nitrogens is 6. The molecular formula is C20H25N7O. The van der Waals surface area contributed by atoms with Crippen molar-refractivity contribution in [3.05, 3.63) is 61.0 Å². The minimum absolute atomic E-state index is 0.219. The Kier molecular flexibility index (Phi) is 5.75. The monoisotopic (exact) mass is 379 g/mol. The standard InChI is InChI=1S/C20H25N7O/c28-19(4-2-11-27-16-22-15-24-27)25-10-1-3-18(14-25)20-23-9-12-26(20)13-17-5-7-21-8-6-17/h5-9,12,15-16,18H,1-4,10-11,13-14H2. The van der Waals surface area contributed by atoms with E-state index >= 15 is 0 Å². The summed E-state index contributed by atoms with van der Waals surface area (Å²) < 4.78 is 3.96. The van der Waals surface area contributed by atoms with Crippen LogP contribution in [0.4, 0.5) is 0 Å². The molecule has 1 amide bonds. The van der Waals surface area contributed by atoms with E-state index in [0.717, 1.165) is 51.3 Å². The van der Waals surface area contributed by atoms with Crippen molar-refractivity contribution in [3.63, 3.8) is 0 Å². The Morgan fingerprint density at radius 1 is 1.18 bits per heavy atom. The molecular weight excluding hydrogens is 354 g/mol. The molecule has 8 heteroatoms. The van der Waals surface area contributed by atoms with Crippen LogP contribution >= 0.6 is 0 Å². The first-order chi connectivity index (χ1) is 13.8. The first-order valence-corrected chi connectivity index (χ1v) is 9.80. The van der Waals surface area contributed by atoms with Crippen LogP contribution in [0.2, 0.25) is 0 Å². The Hall–Kier alpha value is -3.03. The van der Waals surface area contributed by atoms with E-state index in [0.29, 0.717) is 6.42 Å². The number of rotatable bonds is 7. The zero-order valence-electron chi connectivity index (χ0n) is 15.9. The van der Waals surface area contributed by atoms with Crippen molar-refractivity contribution in [1.82, 2.24) is 34.2 Å². The Balaban J connectivity index is 1.35. The van der Waals surface area contributed by atoms with Gasteiger partial charge in [0.2, 0.25) is 5.91 Å². The Morgan fingerprint density at radius 2 is 2.07 bits per heavy atom. The van der Waals surface area contributed by atoms with Crippen LogP contribution in [0.5, 0.6) is 0 Å². The van der Waals surface area contributed by atoms with Crippen molar-refractivity contribution >= 4 is 5.91 Å². The Morgan fingerprint density at radius 3 is 2.89 bits per heavy atom. The van der Waals surface area contributed by atoms with Crippen molar-refractivity contribution in [1.29, 1.82) is 0 Å². The van der Waals surface area contributed by atoms with Gasteiger partial charge >= 0.3 is 0 Å². The highest BCUT2D eigenvalue weighted by Gasteiger charge is 2.27. The highest BCUT2D eigenvalue weighted by atomic mass is 16.2. The fourth-order valence-corrected chi connectivity index (χ4v) is 3.81. The maximum Gasteiger partial charge on any atom is 0.222 e. The van der Waals surface area contributed by atoms with E-state index in [9.17, 15) is 4.79 Å². The molecule has 3 aromatic rings. The summed E-state index contributed by atoms with van der Waals surface area (Å²) in [5.74, 6) is 1.57. The predicted octanol–water partition coefficient (Wildman–Crippen LogP) is 2.10. The number of nitrogens with zero attached hydrogens (tertiary/aromatic N) is 7. The number of likely N-dealkylation sites (tertiary alicyclic amines) is 1. The summed E-state index contributed by atoms with van der Waals surface area (Å²) in [7, 11) is 0. The summed E-state index contributed by atoms with van der Waals surface area (Å²) in [5, 5.41) is 4.08. The first-order valence-electron chi connectivity index (χ1n) is 9.80. The number of amides is 1. The van der Waals surface area contributed by atoms with Crippen LogP contribution in [0.3, 0.4) is 0 Å². The maximum absolute atomic E-state index is 12.7. The molecule has 1 atom stereocenters. The van der Waals surface area contributed by atoms with Gasteiger partial charge in [-0.3, -0.25) is 14.5 Å². The van der Waals surface area contributed by atoms with Crippen LogP contribution in [0.15, 0.2) is 49.6 Å². The van der Waals surface area contributed by atoms with Gasteiger partial charge in [0.05, 0.1) is 0 Å². The van der Waals surface area contributed by atoms with Crippen molar-refractivity contribution in [2.75, 3.05) is 13.1 Å². The normalized spacial score (nSPS) is 17.0. The van der Waals surface area contributed by atoms with Gasteiger partial charge in [-0.1, -0.05) is 0 Å². The van der Waals surface area contributed by atoms with Crippen molar-refractivity contribution in [3.8, 4) is 0 Å². The van der Waals surface area contributed by atoms with E-state index in [1.165, 1.54) is 11.9 Å². The molecule has 0 saturated carbocycles. The zero-order chi connectivity index (χ0) is 19.2. The molecule has 1 unspecified atom stereocenters. The average Bonchev–Trinajstić information content (AvgIpc) is 3.41. The Bertz CT molecular complexity index is 875. The second-order valence-electron chi connectivity index (χ2n) is 7.21. The summed E-state index contributed by atoms with van der Waals surface area (Å²) in [6, 6.07) is 4.05. The minimum atomic E-state index is 0.219. The smallest absolute Gasteiger partial charge is 0.222 e. The van der Waals surface area contributed by atoms with Crippen molar-refractivity contribution < 1.29 is 4.79 Å². The van der Waals surface area contributed by atoms with Gasteiger partial charge in [0.25, 0.3) is 0 Å². The van der Waals surface area contributed by atoms with E-state index in [2.05, 4.69) is 24.6 Å². The van der Waals surface area contributed by atoms with Gasteiger partial charge in [0.1, 0.15) is 18.5 Å². The molecule has 1 fully saturated rings. The molecule has 4 heterocycles. The van der Waals surface area contributed by atoms with Gasteiger partial charge in [0, 0.05) is 63.3 Å². The SMILES string of the molecule is O=C(CCCn1cncn1)N1CCCC(c2nccn2Cc2ccncc2)C1. The number of carbonyl (C=O) groups excluding carboxylic acids is 1. The lowest BCUT2D eigenvalue weighted by Crippen LogP contribution is -2.39. The van der Waals surface area contributed by atoms with Crippen LogP contribution in [0.1, 0.15) is 43.0 Å². The number of piperidine rings is 1. The summed E-state index contributed by atoms with van der Waals surface area (Å²) in [5.41, 5.74) is 1.20. The molecule has 146 valence electrons. The van der Waals surface area contributed by atoms with Gasteiger partial charge in [-0.05, 0) is 37.0 Å². The first kappa shape index (κ1) is 18.3. The second-order valence-corrected chi connectivity index (χ2v) is 7.21. The van der Waals surface area contributed by atoms with Crippen LogP contribution in [0, 0.1) is 0 Å². The number of hydrogen-bond donors (Lipinski definition) is 0. The number of hydrogen-bond acceptors (Lipinski definition) is 5. The van der Waals surface area contributed by atoms with E-state index in [1.54, 1.807) is 11.0 Å². The summed E-state index contributed by atoms with van der Waals surface area (Å²) >= 11 is 0.